The van der Waals surface area contributed by atoms with Crippen molar-refractivity contribution in [1.82, 2.24) is 5.32 Å². The summed E-state index contributed by atoms with van der Waals surface area (Å²) in [4.78, 5) is 26.0. The molecule has 0 aliphatic carbocycles. The molecule has 0 fully saturated rings. The molecule has 0 bridgehead atoms. The topological polar surface area (TPSA) is 61.4 Å². The normalized spacial score (nSPS) is 14.0. The fraction of sp³-hybridized carbons (Fsp3) is 0.417. The molecule has 1 atom stereocenters. The molecule has 0 spiro atoms. The zero-order valence-electron chi connectivity index (χ0n) is 17.8. The Labute approximate surface area is 173 Å². The van der Waals surface area contributed by atoms with Crippen molar-refractivity contribution in [2.45, 2.75) is 46.6 Å². The number of anilines is 2. The first kappa shape index (κ1) is 21.1. The van der Waals surface area contributed by atoms with Crippen LogP contribution in [0.15, 0.2) is 42.5 Å². The lowest BCUT2D eigenvalue weighted by atomic mass is 9.95. The molecule has 5 heteroatoms. The molecule has 0 aromatic heterocycles. The van der Waals surface area contributed by atoms with Crippen LogP contribution in [0.5, 0.6) is 0 Å². The fourth-order valence-corrected chi connectivity index (χ4v) is 3.91. The highest BCUT2D eigenvalue weighted by molar-refractivity contribution is 5.96. The van der Waals surface area contributed by atoms with Crippen LogP contribution in [-0.4, -0.2) is 24.9 Å². The predicted molar refractivity (Wildman–Crippen MR) is 118 cm³/mol. The lowest BCUT2D eigenvalue weighted by molar-refractivity contribution is -0.117. The van der Waals surface area contributed by atoms with Crippen LogP contribution in [0.1, 0.15) is 50.4 Å². The Hall–Kier alpha value is -2.66. The van der Waals surface area contributed by atoms with Gasteiger partial charge in [-0.1, -0.05) is 45.0 Å². The zero-order valence-corrected chi connectivity index (χ0v) is 17.8. The van der Waals surface area contributed by atoms with Crippen LogP contribution in [0.3, 0.4) is 0 Å². The van der Waals surface area contributed by atoms with E-state index < -0.39 is 0 Å². The maximum atomic E-state index is 12.5. The highest BCUT2D eigenvalue weighted by atomic mass is 16.2. The van der Waals surface area contributed by atoms with Crippen LogP contribution in [-0.2, 0) is 22.4 Å². The minimum atomic E-state index is -0.0674. The molecule has 2 aromatic carbocycles. The van der Waals surface area contributed by atoms with Crippen molar-refractivity contribution in [1.29, 1.82) is 0 Å². The van der Waals surface area contributed by atoms with E-state index in [-0.39, 0.29) is 24.4 Å². The smallest absolute Gasteiger partial charge is 0.238 e. The van der Waals surface area contributed by atoms with E-state index in [1.54, 1.807) is 11.8 Å². The van der Waals surface area contributed by atoms with Crippen molar-refractivity contribution in [3.8, 4) is 0 Å². The summed E-state index contributed by atoms with van der Waals surface area (Å²) >= 11 is 0. The first-order valence-corrected chi connectivity index (χ1v) is 10.4. The number of hydrogen-bond donors (Lipinski definition) is 2. The molecule has 29 heavy (non-hydrogen) atoms. The molecule has 0 saturated heterocycles. The van der Waals surface area contributed by atoms with Gasteiger partial charge in [0.15, 0.2) is 0 Å². The van der Waals surface area contributed by atoms with E-state index in [0.29, 0.717) is 12.5 Å². The van der Waals surface area contributed by atoms with E-state index in [2.05, 4.69) is 55.7 Å². The minimum absolute atomic E-state index is 0.0523. The number of benzene rings is 2. The van der Waals surface area contributed by atoms with Gasteiger partial charge in [-0.2, -0.15) is 0 Å². The molecule has 1 aliphatic rings. The van der Waals surface area contributed by atoms with E-state index in [1.165, 1.54) is 11.1 Å². The van der Waals surface area contributed by atoms with Gasteiger partial charge >= 0.3 is 0 Å². The van der Waals surface area contributed by atoms with Crippen LogP contribution in [0, 0.1) is 5.92 Å². The number of nitrogens with one attached hydrogen (secondary N) is 2. The molecular weight excluding hydrogens is 362 g/mol. The van der Waals surface area contributed by atoms with Gasteiger partial charge in [-0.15, -0.1) is 0 Å². The maximum absolute atomic E-state index is 12.5. The van der Waals surface area contributed by atoms with Crippen LogP contribution < -0.4 is 15.5 Å². The third kappa shape index (κ3) is 5.04. The number of carbonyl (C=O) groups is 2. The number of aryl methyl sites for hydroxylation is 1. The van der Waals surface area contributed by atoms with E-state index in [0.717, 1.165) is 29.8 Å². The second-order valence-corrected chi connectivity index (χ2v) is 8.01. The third-order valence-electron chi connectivity index (χ3n) is 5.54. The molecule has 5 nitrogen and oxygen atoms in total. The SMILES string of the molecule is CCc1ccc([C@H](NCC(=O)Nc2ccc3c(c2)CCN3C(C)=O)C(C)C)cc1. The largest absolute Gasteiger partial charge is 0.325 e. The summed E-state index contributed by atoms with van der Waals surface area (Å²) in [6.45, 7) is 8.99. The minimum Gasteiger partial charge on any atom is -0.325 e. The van der Waals surface area contributed by atoms with Crippen LogP contribution >= 0.6 is 0 Å². The summed E-state index contributed by atoms with van der Waals surface area (Å²) in [5.74, 6) is 0.353. The summed E-state index contributed by atoms with van der Waals surface area (Å²) in [5, 5.41) is 6.38. The molecule has 0 saturated carbocycles. The maximum Gasteiger partial charge on any atom is 0.238 e. The number of nitrogens with zero attached hydrogens (tertiary/aromatic N) is 1. The zero-order chi connectivity index (χ0) is 21.0. The van der Waals surface area contributed by atoms with Gasteiger partial charge in [-0.25, -0.2) is 0 Å². The molecule has 1 aliphatic heterocycles. The van der Waals surface area contributed by atoms with E-state index >= 15 is 0 Å². The molecule has 2 N–H and O–H groups in total. The molecular formula is C24H31N3O2. The molecule has 154 valence electrons. The van der Waals surface area contributed by atoms with Crippen LogP contribution in [0.25, 0.3) is 0 Å². The Morgan fingerprint density at radius 1 is 1.10 bits per heavy atom. The van der Waals surface area contributed by atoms with Crippen LogP contribution in [0.4, 0.5) is 11.4 Å². The van der Waals surface area contributed by atoms with Gasteiger partial charge in [0, 0.05) is 30.9 Å². The van der Waals surface area contributed by atoms with Gasteiger partial charge in [0.25, 0.3) is 0 Å². The fourth-order valence-electron chi connectivity index (χ4n) is 3.91. The number of amides is 2. The summed E-state index contributed by atoms with van der Waals surface area (Å²) in [6.07, 6.45) is 1.84. The molecule has 1 heterocycles. The summed E-state index contributed by atoms with van der Waals surface area (Å²) in [7, 11) is 0. The van der Waals surface area contributed by atoms with Crippen molar-refractivity contribution in [2.75, 3.05) is 23.3 Å². The van der Waals surface area contributed by atoms with Crippen molar-refractivity contribution in [2.24, 2.45) is 5.92 Å². The van der Waals surface area contributed by atoms with Gasteiger partial charge < -0.3 is 15.5 Å². The highest BCUT2D eigenvalue weighted by Crippen LogP contribution is 2.30. The van der Waals surface area contributed by atoms with Crippen LogP contribution in [0.2, 0.25) is 0 Å². The number of hydrogen-bond acceptors (Lipinski definition) is 3. The number of rotatable bonds is 7. The average molecular weight is 394 g/mol. The summed E-state index contributed by atoms with van der Waals surface area (Å²) < 4.78 is 0. The van der Waals surface area contributed by atoms with Gasteiger partial charge in [0.2, 0.25) is 11.8 Å². The molecule has 3 rings (SSSR count). The monoisotopic (exact) mass is 393 g/mol. The van der Waals surface area contributed by atoms with Gasteiger partial charge in [0.05, 0.1) is 6.54 Å². The first-order chi connectivity index (χ1) is 13.9. The van der Waals surface area contributed by atoms with Gasteiger partial charge in [-0.05, 0) is 53.6 Å². The predicted octanol–water partition coefficient (Wildman–Crippen LogP) is 4.08. The molecule has 0 unspecified atom stereocenters. The Bertz CT molecular complexity index is 874. The highest BCUT2D eigenvalue weighted by Gasteiger charge is 2.22. The quantitative estimate of drug-likeness (QED) is 0.745. The molecule has 2 amide bonds. The van der Waals surface area contributed by atoms with Crippen molar-refractivity contribution >= 4 is 23.2 Å². The number of fused-ring (bicyclic) bond motifs is 1. The summed E-state index contributed by atoms with van der Waals surface area (Å²) in [6, 6.07) is 14.5. The van der Waals surface area contributed by atoms with E-state index in [4.69, 9.17) is 0 Å². The van der Waals surface area contributed by atoms with Crippen molar-refractivity contribution in [3.63, 3.8) is 0 Å². The number of carbonyl (C=O) groups excluding carboxylic acids is 2. The van der Waals surface area contributed by atoms with Gasteiger partial charge in [0.1, 0.15) is 0 Å². The van der Waals surface area contributed by atoms with E-state index in [1.807, 2.05) is 18.2 Å². The average Bonchev–Trinajstić information content (AvgIpc) is 3.12. The first-order valence-electron chi connectivity index (χ1n) is 10.4. The Morgan fingerprint density at radius 2 is 1.83 bits per heavy atom. The summed E-state index contributed by atoms with van der Waals surface area (Å²) in [5.41, 5.74) is 5.33. The lowest BCUT2D eigenvalue weighted by Crippen LogP contribution is -2.33. The second-order valence-electron chi connectivity index (χ2n) is 8.01. The van der Waals surface area contributed by atoms with Crippen molar-refractivity contribution < 1.29 is 9.59 Å². The van der Waals surface area contributed by atoms with Gasteiger partial charge in [-0.3, -0.25) is 9.59 Å². The second kappa shape index (κ2) is 9.23. The lowest BCUT2D eigenvalue weighted by Gasteiger charge is -2.23. The third-order valence-corrected chi connectivity index (χ3v) is 5.54. The van der Waals surface area contributed by atoms with E-state index in [9.17, 15) is 9.59 Å². The Balaban J connectivity index is 1.60. The standard InChI is InChI=1S/C24H31N3O2/c1-5-18-6-8-19(9-7-18)24(16(2)3)25-15-23(29)26-21-10-11-22-20(14-21)12-13-27(22)17(4)28/h6-11,14,16,24-25H,5,12-13,15H2,1-4H3,(H,26,29)/t24-/m1/s1. The van der Waals surface area contributed by atoms with Crippen molar-refractivity contribution in [3.05, 3.63) is 59.2 Å². The molecule has 0 radical (unpaired) electrons. The Morgan fingerprint density at radius 3 is 2.45 bits per heavy atom. The Kier molecular flexibility index (Phi) is 6.70. The molecule has 2 aromatic rings.